The van der Waals surface area contributed by atoms with E-state index in [0.717, 1.165) is 0 Å². The molecular weight excluding hydrogens is 293 g/mol. The fourth-order valence-electron chi connectivity index (χ4n) is 1.91. The molecule has 1 heterocycles. The van der Waals surface area contributed by atoms with Crippen molar-refractivity contribution in [3.63, 3.8) is 0 Å². The van der Waals surface area contributed by atoms with Gasteiger partial charge >= 0.3 is 12.2 Å². The highest BCUT2D eigenvalue weighted by atomic mass is 32.1. The predicted molar refractivity (Wildman–Crippen MR) is 73.5 cm³/mol. The molecule has 116 valence electrons. The lowest BCUT2D eigenvalue weighted by molar-refractivity contribution is -0.123. The minimum Gasteiger partial charge on any atom is -0.392 e. The third kappa shape index (κ3) is 4.48. The zero-order chi connectivity index (χ0) is 15.6. The average Bonchev–Trinajstić information content (AvgIpc) is 2.35. The highest BCUT2D eigenvalue weighted by molar-refractivity contribution is 7.80. The molecule has 9 heteroatoms. The van der Waals surface area contributed by atoms with Crippen LogP contribution in [-0.2, 0) is 0 Å². The Morgan fingerprint density at radius 3 is 2.15 bits per heavy atom. The van der Waals surface area contributed by atoms with Crippen molar-refractivity contribution in [1.82, 2.24) is 15.1 Å². The molecule has 0 aromatic carbocycles. The molecule has 1 saturated heterocycles. The first-order valence-electron chi connectivity index (χ1n) is 6.18. The Balaban J connectivity index is 2.46. The van der Waals surface area contributed by atoms with Crippen LogP contribution in [-0.4, -0.2) is 65.3 Å². The Morgan fingerprint density at radius 1 is 1.25 bits per heavy atom. The van der Waals surface area contributed by atoms with Crippen LogP contribution in [0.15, 0.2) is 0 Å². The van der Waals surface area contributed by atoms with Crippen molar-refractivity contribution in [2.24, 2.45) is 5.73 Å². The van der Waals surface area contributed by atoms with Crippen LogP contribution < -0.4 is 11.1 Å². The number of nitrogens with two attached hydrogens (primary N) is 1. The van der Waals surface area contributed by atoms with Crippen LogP contribution in [0.5, 0.6) is 0 Å². The van der Waals surface area contributed by atoms with E-state index in [9.17, 15) is 18.0 Å². The minimum atomic E-state index is -4.40. The zero-order valence-electron chi connectivity index (χ0n) is 11.5. The van der Waals surface area contributed by atoms with Crippen molar-refractivity contribution in [2.75, 3.05) is 32.7 Å². The Morgan fingerprint density at radius 2 is 1.75 bits per heavy atom. The fraction of sp³-hybridized carbons (Fsp3) is 0.818. The largest absolute Gasteiger partial charge is 0.405 e. The molecule has 0 spiro atoms. The number of thiocarbonyl (C=S) groups is 1. The second kappa shape index (κ2) is 6.13. The summed E-state index contributed by atoms with van der Waals surface area (Å²) in [5.41, 5.74) is 5.19. The number of nitrogens with one attached hydrogen (secondary N) is 1. The Hall–Kier alpha value is -1.09. The number of alkyl halides is 3. The molecule has 1 aliphatic rings. The smallest absolute Gasteiger partial charge is 0.392 e. The van der Waals surface area contributed by atoms with E-state index in [4.69, 9.17) is 18.0 Å². The van der Waals surface area contributed by atoms with E-state index in [0.29, 0.717) is 31.2 Å². The van der Waals surface area contributed by atoms with Crippen LogP contribution in [0.25, 0.3) is 0 Å². The van der Waals surface area contributed by atoms with Gasteiger partial charge in [0.1, 0.15) is 6.54 Å². The molecule has 0 aromatic rings. The number of carbonyl (C=O) groups excluding carboxylic acids is 1. The van der Waals surface area contributed by atoms with E-state index >= 15 is 0 Å². The molecule has 1 rings (SSSR count). The molecule has 0 aromatic heterocycles. The van der Waals surface area contributed by atoms with Crippen molar-refractivity contribution in [1.29, 1.82) is 0 Å². The molecule has 0 atom stereocenters. The van der Waals surface area contributed by atoms with E-state index in [1.807, 2.05) is 24.1 Å². The first-order chi connectivity index (χ1) is 9.04. The minimum absolute atomic E-state index is 0.343. The highest BCUT2D eigenvalue weighted by Gasteiger charge is 2.34. The van der Waals surface area contributed by atoms with Gasteiger partial charge in [-0.15, -0.1) is 0 Å². The molecule has 0 radical (unpaired) electrons. The molecule has 0 bridgehead atoms. The maximum Gasteiger partial charge on any atom is 0.405 e. The van der Waals surface area contributed by atoms with E-state index in [1.165, 1.54) is 4.90 Å². The van der Waals surface area contributed by atoms with Crippen LogP contribution in [0.3, 0.4) is 0 Å². The Labute approximate surface area is 121 Å². The summed E-state index contributed by atoms with van der Waals surface area (Å²) in [5.74, 6) is 0. The van der Waals surface area contributed by atoms with Gasteiger partial charge in [-0.25, -0.2) is 4.79 Å². The first-order valence-corrected chi connectivity index (χ1v) is 6.59. The Kier molecular flexibility index (Phi) is 5.20. The molecular formula is C11H19F3N4OS. The summed E-state index contributed by atoms with van der Waals surface area (Å²) in [6, 6.07) is -0.699. The van der Waals surface area contributed by atoms with Gasteiger partial charge in [0, 0.05) is 26.2 Å². The molecule has 5 nitrogen and oxygen atoms in total. The SMILES string of the molecule is CC(C)(C(N)=S)N1CCN(C(=O)NCC(F)(F)F)CC1. The quantitative estimate of drug-likeness (QED) is 0.762. The molecule has 0 saturated carbocycles. The second-order valence-electron chi connectivity index (χ2n) is 5.17. The highest BCUT2D eigenvalue weighted by Crippen LogP contribution is 2.18. The molecule has 1 aliphatic heterocycles. The van der Waals surface area contributed by atoms with Gasteiger partial charge < -0.3 is 16.0 Å². The number of hydrogen-bond donors (Lipinski definition) is 2. The van der Waals surface area contributed by atoms with Gasteiger partial charge in [-0.05, 0) is 13.8 Å². The van der Waals surface area contributed by atoms with Crippen LogP contribution in [0, 0.1) is 0 Å². The number of rotatable bonds is 3. The van der Waals surface area contributed by atoms with E-state index in [1.54, 1.807) is 0 Å². The molecule has 20 heavy (non-hydrogen) atoms. The van der Waals surface area contributed by atoms with Crippen molar-refractivity contribution in [3.05, 3.63) is 0 Å². The molecule has 0 unspecified atom stereocenters. The summed E-state index contributed by atoms with van der Waals surface area (Å²) >= 11 is 4.99. The third-order valence-electron chi connectivity index (χ3n) is 3.40. The second-order valence-corrected chi connectivity index (χ2v) is 5.61. The van der Waals surface area contributed by atoms with Crippen molar-refractivity contribution in [2.45, 2.75) is 25.6 Å². The summed E-state index contributed by atoms with van der Waals surface area (Å²) in [6.07, 6.45) is -4.40. The molecule has 0 aliphatic carbocycles. The number of piperazine rings is 1. The maximum atomic E-state index is 12.0. The fourth-order valence-corrected chi connectivity index (χ4v) is 2.04. The lowest BCUT2D eigenvalue weighted by Gasteiger charge is -2.43. The monoisotopic (exact) mass is 312 g/mol. The predicted octanol–water partition coefficient (Wildman–Crippen LogP) is 0.941. The van der Waals surface area contributed by atoms with E-state index in [2.05, 4.69) is 0 Å². The van der Waals surface area contributed by atoms with Gasteiger partial charge in [-0.2, -0.15) is 13.2 Å². The van der Waals surface area contributed by atoms with Crippen molar-refractivity contribution < 1.29 is 18.0 Å². The first kappa shape index (κ1) is 17.0. The normalized spacial score (nSPS) is 17.9. The summed E-state index contributed by atoms with van der Waals surface area (Å²) in [7, 11) is 0. The number of halogens is 3. The average molecular weight is 312 g/mol. The lowest BCUT2D eigenvalue weighted by atomic mass is 10.0. The third-order valence-corrected chi connectivity index (χ3v) is 3.90. The summed E-state index contributed by atoms with van der Waals surface area (Å²) in [5, 5.41) is 1.86. The van der Waals surface area contributed by atoms with Gasteiger partial charge in [0.05, 0.1) is 10.5 Å². The number of hydrogen-bond acceptors (Lipinski definition) is 3. The summed E-state index contributed by atoms with van der Waals surface area (Å²) in [6.45, 7) is 4.17. The number of amides is 2. The summed E-state index contributed by atoms with van der Waals surface area (Å²) < 4.78 is 36.1. The van der Waals surface area contributed by atoms with Crippen LogP contribution in [0.1, 0.15) is 13.8 Å². The summed E-state index contributed by atoms with van der Waals surface area (Å²) in [4.78, 5) is 15.3. The molecule has 3 N–H and O–H groups in total. The van der Waals surface area contributed by atoms with Gasteiger partial charge in [0.2, 0.25) is 0 Å². The molecule has 1 fully saturated rings. The number of nitrogens with zero attached hydrogens (tertiary/aromatic N) is 2. The van der Waals surface area contributed by atoms with Gasteiger partial charge in [0.15, 0.2) is 0 Å². The van der Waals surface area contributed by atoms with Crippen LogP contribution in [0.4, 0.5) is 18.0 Å². The number of urea groups is 1. The van der Waals surface area contributed by atoms with Crippen LogP contribution >= 0.6 is 12.2 Å². The maximum absolute atomic E-state index is 12.0. The van der Waals surface area contributed by atoms with Gasteiger partial charge in [0.25, 0.3) is 0 Å². The lowest BCUT2D eigenvalue weighted by Crippen LogP contribution is -2.61. The van der Waals surface area contributed by atoms with Crippen molar-refractivity contribution >= 4 is 23.2 Å². The number of carbonyl (C=O) groups is 1. The van der Waals surface area contributed by atoms with Crippen LogP contribution in [0.2, 0.25) is 0 Å². The van der Waals surface area contributed by atoms with Gasteiger partial charge in [-0.1, -0.05) is 12.2 Å². The topological polar surface area (TPSA) is 61.6 Å². The van der Waals surface area contributed by atoms with Crippen molar-refractivity contribution in [3.8, 4) is 0 Å². The van der Waals surface area contributed by atoms with Gasteiger partial charge in [-0.3, -0.25) is 4.90 Å². The van der Waals surface area contributed by atoms with E-state index < -0.39 is 24.3 Å². The Bertz CT molecular complexity index is 378. The zero-order valence-corrected chi connectivity index (χ0v) is 12.3. The molecule has 2 amide bonds. The standard InChI is InChI=1S/C11H19F3N4OS/c1-10(2,8(15)20)18-5-3-17(4-6-18)9(19)16-7-11(12,13)14/h3-7H2,1-2H3,(H2,15,20)(H,16,19). The van der Waals surface area contributed by atoms with E-state index in [-0.39, 0.29) is 0 Å².